The lowest BCUT2D eigenvalue weighted by Gasteiger charge is -2.29. The third kappa shape index (κ3) is 4.07. The standard InChI is InChI=1S/C18H28N2O/c1-12(18(2,3)4)10-15(19)13-8-9-16-14(11-13)6-5-7-17(21)20-16/h8-9,11-12,15H,5-7,10,19H2,1-4H3,(H,20,21). The highest BCUT2D eigenvalue weighted by Crippen LogP contribution is 2.33. The van der Waals surface area contributed by atoms with Crippen molar-refractivity contribution in [1.29, 1.82) is 0 Å². The normalized spacial score (nSPS) is 18.4. The largest absolute Gasteiger partial charge is 0.326 e. The number of carbonyl (C=O) groups excluding carboxylic acids is 1. The van der Waals surface area contributed by atoms with Crippen molar-refractivity contribution < 1.29 is 4.79 Å². The first-order chi connectivity index (χ1) is 9.77. The summed E-state index contributed by atoms with van der Waals surface area (Å²) in [6, 6.07) is 6.31. The van der Waals surface area contributed by atoms with E-state index in [9.17, 15) is 4.79 Å². The summed E-state index contributed by atoms with van der Waals surface area (Å²) in [6.45, 7) is 9.05. The van der Waals surface area contributed by atoms with E-state index < -0.39 is 0 Å². The molecule has 0 aromatic heterocycles. The van der Waals surface area contributed by atoms with Crippen molar-refractivity contribution in [2.24, 2.45) is 17.1 Å². The van der Waals surface area contributed by atoms with Crippen LogP contribution in [0.4, 0.5) is 5.69 Å². The highest BCUT2D eigenvalue weighted by atomic mass is 16.1. The maximum atomic E-state index is 11.6. The molecule has 2 atom stereocenters. The summed E-state index contributed by atoms with van der Waals surface area (Å²) in [5.74, 6) is 0.679. The van der Waals surface area contributed by atoms with Gasteiger partial charge < -0.3 is 11.1 Å². The number of hydrogen-bond acceptors (Lipinski definition) is 2. The average Bonchev–Trinajstić information content (AvgIpc) is 2.57. The molecule has 2 rings (SSSR count). The number of anilines is 1. The number of fused-ring (bicyclic) bond motifs is 1. The molecule has 21 heavy (non-hydrogen) atoms. The van der Waals surface area contributed by atoms with E-state index in [-0.39, 0.29) is 17.4 Å². The molecule has 0 spiro atoms. The molecule has 0 bridgehead atoms. The Kier molecular flexibility index (Phi) is 4.72. The van der Waals surface area contributed by atoms with E-state index >= 15 is 0 Å². The van der Waals surface area contributed by atoms with Gasteiger partial charge in [-0.05, 0) is 47.8 Å². The lowest BCUT2D eigenvalue weighted by molar-refractivity contribution is -0.116. The van der Waals surface area contributed by atoms with Crippen LogP contribution >= 0.6 is 0 Å². The lowest BCUT2D eigenvalue weighted by atomic mass is 9.77. The predicted octanol–water partition coefficient (Wildman–Crippen LogP) is 4.03. The zero-order valence-corrected chi connectivity index (χ0v) is 13.7. The molecule has 1 amide bonds. The maximum absolute atomic E-state index is 11.6. The van der Waals surface area contributed by atoms with E-state index in [1.54, 1.807) is 0 Å². The number of amides is 1. The fourth-order valence-electron chi connectivity index (χ4n) is 2.70. The number of hydrogen-bond donors (Lipinski definition) is 2. The van der Waals surface area contributed by atoms with Gasteiger partial charge in [-0.1, -0.05) is 39.8 Å². The Morgan fingerprint density at radius 1 is 1.29 bits per heavy atom. The van der Waals surface area contributed by atoms with Gasteiger partial charge in [-0.15, -0.1) is 0 Å². The molecule has 0 fully saturated rings. The average molecular weight is 288 g/mol. The van der Waals surface area contributed by atoms with Gasteiger partial charge in [0, 0.05) is 18.2 Å². The second kappa shape index (κ2) is 6.18. The molecule has 1 aromatic rings. The highest BCUT2D eigenvalue weighted by Gasteiger charge is 2.23. The second-order valence-electron chi connectivity index (χ2n) is 7.43. The van der Waals surface area contributed by atoms with Crippen LogP contribution in [-0.4, -0.2) is 5.91 Å². The smallest absolute Gasteiger partial charge is 0.224 e. The molecule has 3 nitrogen and oxygen atoms in total. The van der Waals surface area contributed by atoms with Gasteiger partial charge in [-0.25, -0.2) is 0 Å². The molecule has 3 heteroatoms. The van der Waals surface area contributed by atoms with E-state index in [0.29, 0.717) is 12.3 Å². The van der Waals surface area contributed by atoms with Crippen LogP contribution in [0.1, 0.15) is 64.1 Å². The van der Waals surface area contributed by atoms with Crippen molar-refractivity contribution in [3.63, 3.8) is 0 Å². The number of nitrogens with one attached hydrogen (secondary N) is 1. The Balaban J connectivity index is 2.14. The van der Waals surface area contributed by atoms with Gasteiger partial charge in [-0.3, -0.25) is 4.79 Å². The van der Waals surface area contributed by atoms with E-state index in [4.69, 9.17) is 5.73 Å². The minimum Gasteiger partial charge on any atom is -0.326 e. The van der Waals surface area contributed by atoms with Crippen molar-refractivity contribution >= 4 is 11.6 Å². The first-order valence-electron chi connectivity index (χ1n) is 7.95. The van der Waals surface area contributed by atoms with Crippen molar-refractivity contribution in [3.05, 3.63) is 29.3 Å². The number of benzene rings is 1. The van der Waals surface area contributed by atoms with Crippen LogP contribution in [0.25, 0.3) is 0 Å². The van der Waals surface area contributed by atoms with Gasteiger partial charge >= 0.3 is 0 Å². The van der Waals surface area contributed by atoms with Crippen molar-refractivity contribution in [1.82, 2.24) is 0 Å². The quantitative estimate of drug-likeness (QED) is 0.882. The Labute approximate surface area is 128 Å². The number of rotatable bonds is 3. The van der Waals surface area contributed by atoms with Crippen LogP contribution in [0.2, 0.25) is 0 Å². The Morgan fingerprint density at radius 2 is 2.00 bits per heavy atom. The molecule has 1 aliphatic rings. The Bertz CT molecular complexity index is 516. The summed E-state index contributed by atoms with van der Waals surface area (Å²) >= 11 is 0. The number of carbonyl (C=O) groups is 1. The molecule has 0 aliphatic carbocycles. The molecular formula is C18H28N2O. The fourth-order valence-corrected chi connectivity index (χ4v) is 2.70. The summed E-state index contributed by atoms with van der Waals surface area (Å²) in [5, 5.41) is 2.97. The lowest BCUT2D eigenvalue weighted by Crippen LogP contribution is -2.23. The van der Waals surface area contributed by atoms with Crippen LogP contribution in [0.3, 0.4) is 0 Å². The van der Waals surface area contributed by atoms with Crippen molar-refractivity contribution in [3.8, 4) is 0 Å². The zero-order chi connectivity index (χ0) is 15.6. The van der Waals surface area contributed by atoms with Gasteiger partial charge in [0.2, 0.25) is 5.91 Å². The summed E-state index contributed by atoms with van der Waals surface area (Å²) in [4.78, 5) is 11.6. The first kappa shape index (κ1) is 16.0. The number of aryl methyl sites for hydroxylation is 1. The van der Waals surface area contributed by atoms with Crippen LogP contribution in [0.5, 0.6) is 0 Å². The van der Waals surface area contributed by atoms with E-state index in [2.05, 4.69) is 45.1 Å². The first-order valence-corrected chi connectivity index (χ1v) is 7.95. The predicted molar refractivity (Wildman–Crippen MR) is 88.2 cm³/mol. The Hall–Kier alpha value is -1.35. The van der Waals surface area contributed by atoms with Gasteiger partial charge in [-0.2, -0.15) is 0 Å². The number of nitrogens with two attached hydrogens (primary N) is 1. The molecule has 1 aromatic carbocycles. The van der Waals surface area contributed by atoms with Crippen LogP contribution in [-0.2, 0) is 11.2 Å². The maximum Gasteiger partial charge on any atom is 0.224 e. The van der Waals surface area contributed by atoms with Crippen LogP contribution in [0, 0.1) is 11.3 Å². The molecule has 3 N–H and O–H groups in total. The molecule has 0 saturated heterocycles. The van der Waals surface area contributed by atoms with Gasteiger partial charge in [0.25, 0.3) is 0 Å². The molecule has 0 radical (unpaired) electrons. The second-order valence-corrected chi connectivity index (χ2v) is 7.43. The molecule has 0 saturated carbocycles. The molecule has 1 heterocycles. The summed E-state index contributed by atoms with van der Waals surface area (Å²) in [6.07, 6.45) is 3.45. The SMILES string of the molecule is CC(CC(N)c1ccc2c(c1)CCCC(=O)N2)C(C)(C)C. The van der Waals surface area contributed by atoms with Gasteiger partial charge in [0.1, 0.15) is 0 Å². The minimum absolute atomic E-state index is 0.0588. The minimum atomic E-state index is 0.0588. The van der Waals surface area contributed by atoms with E-state index in [0.717, 1.165) is 24.9 Å². The topological polar surface area (TPSA) is 55.1 Å². The monoisotopic (exact) mass is 288 g/mol. The Morgan fingerprint density at radius 3 is 2.67 bits per heavy atom. The summed E-state index contributed by atoms with van der Waals surface area (Å²) in [7, 11) is 0. The van der Waals surface area contributed by atoms with Crippen molar-refractivity contribution in [2.75, 3.05) is 5.32 Å². The fraction of sp³-hybridized carbons (Fsp3) is 0.611. The van der Waals surface area contributed by atoms with Crippen LogP contribution in [0.15, 0.2) is 18.2 Å². The molecular weight excluding hydrogens is 260 g/mol. The molecule has 116 valence electrons. The van der Waals surface area contributed by atoms with Gasteiger partial charge in [0.15, 0.2) is 0 Å². The zero-order valence-electron chi connectivity index (χ0n) is 13.7. The van der Waals surface area contributed by atoms with E-state index in [1.807, 2.05) is 6.07 Å². The van der Waals surface area contributed by atoms with Crippen LogP contribution < -0.4 is 11.1 Å². The van der Waals surface area contributed by atoms with Gasteiger partial charge in [0.05, 0.1) is 0 Å². The third-order valence-corrected chi connectivity index (χ3v) is 4.77. The third-order valence-electron chi connectivity index (χ3n) is 4.77. The van der Waals surface area contributed by atoms with E-state index in [1.165, 1.54) is 11.1 Å². The molecule has 1 aliphatic heterocycles. The highest BCUT2D eigenvalue weighted by molar-refractivity contribution is 5.92. The van der Waals surface area contributed by atoms with Crippen molar-refractivity contribution in [2.45, 2.75) is 59.4 Å². The molecule has 2 unspecified atom stereocenters. The summed E-state index contributed by atoms with van der Waals surface area (Å²) in [5.41, 5.74) is 10.0. The summed E-state index contributed by atoms with van der Waals surface area (Å²) < 4.78 is 0.